The summed E-state index contributed by atoms with van der Waals surface area (Å²) in [5.74, 6) is 0.0970. The van der Waals surface area contributed by atoms with E-state index in [4.69, 9.17) is 9.47 Å². The summed E-state index contributed by atoms with van der Waals surface area (Å²) in [6.07, 6.45) is 0.882. The van der Waals surface area contributed by atoms with Crippen molar-refractivity contribution in [3.63, 3.8) is 0 Å². The molecule has 2 aliphatic heterocycles. The largest absolute Gasteiger partial charge is 0.496 e. The smallest absolute Gasteiger partial charge is 0.338 e. The zero-order valence-corrected chi connectivity index (χ0v) is 21.3. The number of benzene rings is 1. The van der Waals surface area contributed by atoms with Crippen molar-refractivity contribution in [1.82, 2.24) is 25.3 Å². The molecule has 192 valence electrons. The van der Waals surface area contributed by atoms with Gasteiger partial charge in [-0.2, -0.15) is 0 Å². The van der Waals surface area contributed by atoms with Crippen molar-refractivity contribution < 1.29 is 23.9 Å². The van der Waals surface area contributed by atoms with Crippen LogP contribution in [0.25, 0.3) is 0 Å². The summed E-state index contributed by atoms with van der Waals surface area (Å²) >= 11 is 0. The molecule has 2 atom stereocenters. The highest BCUT2D eigenvalue weighted by atomic mass is 16.5. The van der Waals surface area contributed by atoms with Gasteiger partial charge in [0.1, 0.15) is 5.75 Å². The number of methoxy groups -OCH3 is 1. The molecule has 2 N–H and O–H groups in total. The lowest BCUT2D eigenvalue weighted by atomic mass is 9.93. The molecule has 1 saturated heterocycles. The average molecular weight is 488 g/mol. The molecule has 10 nitrogen and oxygen atoms in total. The summed E-state index contributed by atoms with van der Waals surface area (Å²) in [5.41, 5.74) is 1.65. The molecule has 2 heterocycles. The normalized spacial score (nSPS) is 21.0. The van der Waals surface area contributed by atoms with E-state index < -0.39 is 12.0 Å². The molecule has 10 heteroatoms. The quantitative estimate of drug-likeness (QED) is 0.546. The second-order valence-corrected chi connectivity index (χ2v) is 8.77. The Morgan fingerprint density at radius 2 is 1.94 bits per heavy atom. The van der Waals surface area contributed by atoms with Crippen LogP contribution in [0.3, 0.4) is 0 Å². The summed E-state index contributed by atoms with van der Waals surface area (Å²) in [6.45, 7) is 8.82. The van der Waals surface area contributed by atoms with Crippen LogP contribution in [0, 0.1) is 0 Å². The molecular formula is C25H37N5O5. The summed E-state index contributed by atoms with van der Waals surface area (Å²) in [5, 5.41) is 5.87. The summed E-state index contributed by atoms with van der Waals surface area (Å²) in [6, 6.07) is 6.22. The van der Waals surface area contributed by atoms with Gasteiger partial charge in [0.15, 0.2) is 0 Å². The molecule has 0 unspecified atom stereocenters. The molecular weight excluding hydrogens is 450 g/mol. The molecule has 0 bridgehead atoms. The van der Waals surface area contributed by atoms with E-state index in [1.54, 1.807) is 27.1 Å². The first kappa shape index (κ1) is 26.3. The van der Waals surface area contributed by atoms with E-state index in [0.29, 0.717) is 55.3 Å². The van der Waals surface area contributed by atoms with E-state index in [1.165, 1.54) is 4.90 Å². The topological polar surface area (TPSA) is 103 Å². The number of nitrogens with zero attached hydrogens (tertiary/aromatic N) is 3. The Morgan fingerprint density at radius 3 is 2.60 bits per heavy atom. The van der Waals surface area contributed by atoms with Gasteiger partial charge in [-0.05, 0) is 26.3 Å². The van der Waals surface area contributed by atoms with Gasteiger partial charge in [-0.25, -0.2) is 14.4 Å². The number of nitrogens with one attached hydrogen (secondary N) is 2. The van der Waals surface area contributed by atoms with Crippen LogP contribution in [0.2, 0.25) is 0 Å². The number of likely N-dealkylation sites (N-methyl/N-ethyl adjacent to an activating group) is 1. The number of para-hydroxylation sites is 1. The molecule has 35 heavy (non-hydrogen) atoms. The number of ether oxygens (including phenoxy) is 2. The van der Waals surface area contributed by atoms with E-state index in [9.17, 15) is 14.4 Å². The van der Waals surface area contributed by atoms with Crippen molar-refractivity contribution in [2.45, 2.75) is 39.3 Å². The van der Waals surface area contributed by atoms with Crippen LogP contribution in [0.1, 0.15) is 38.8 Å². The van der Waals surface area contributed by atoms with Crippen molar-refractivity contribution in [2.24, 2.45) is 0 Å². The maximum absolute atomic E-state index is 13.2. The van der Waals surface area contributed by atoms with Gasteiger partial charge in [-0.1, -0.05) is 25.1 Å². The van der Waals surface area contributed by atoms with Gasteiger partial charge in [-0.3, -0.25) is 9.80 Å². The van der Waals surface area contributed by atoms with E-state index >= 15 is 0 Å². The van der Waals surface area contributed by atoms with E-state index in [1.807, 2.05) is 36.9 Å². The molecule has 0 aliphatic carbocycles. The van der Waals surface area contributed by atoms with Crippen LogP contribution in [0.5, 0.6) is 5.75 Å². The predicted molar refractivity (Wildman–Crippen MR) is 132 cm³/mol. The Hall–Kier alpha value is -3.27. The van der Waals surface area contributed by atoms with Gasteiger partial charge in [0, 0.05) is 57.1 Å². The number of amides is 4. The maximum Gasteiger partial charge on any atom is 0.338 e. The number of carbonyl (C=O) groups is 3. The van der Waals surface area contributed by atoms with Gasteiger partial charge in [0.25, 0.3) is 0 Å². The minimum Gasteiger partial charge on any atom is -0.496 e. The molecule has 0 aromatic heterocycles. The zero-order chi connectivity index (χ0) is 25.5. The van der Waals surface area contributed by atoms with Crippen molar-refractivity contribution in [3.05, 3.63) is 41.1 Å². The Bertz CT molecular complexity index is 965. The maximum atomic E-state index is 13.2. The monoisotopic (exact) mass is 487 g/mol. The molecule has 1 aromatic rings. The fourth-order valence-corrected chi connectivity index (χ4v) is 4.56. The van der Waals surface area contributed by atoms with Crippen LogP contribution >= 0.6 is 0 Å². The van der Waals surface area contributed by atoms with Crippen molar-refractivity contribution >= 4 is 18.0 Å². The lowest BCUT2D eigenvalue weighted by Gasteiger charge is -2.42. The molecule has 1 aromatic carbocycles. The van der Waals surface area contributed by atoms with Crippen LogP contribution in [0.15, 0.2) is 35.5 Å². The number of hydrogen-bond acceptors (Lipinski definition) is 6. The van der Waals surface area contributed by atoms with Crippen LogP contribution < -0.4 is 15.4 Å². The molecule has 0 spiro atoms. The second kappa shape index (κ2) is 11.9. The summed E-state index contributed by atoms with van der Waals surface area (Å²) < 4.78 is 10.9. The summed E-state index contributed by atoms with van der Waals surface area (Å²) in [7, 11) is 3.21. The van der Waals surface area contributed by atoms with E-state index in [-0.39, 0.29) is 24.7 Å². The minimum absolute atomic E-state index is 0.0139. The molecule has 2 aliphatic rings. The standard InChI is InChI=1S/C25H37N5O5/c1-6-12-26-24(32)30-14-13-29(15-17(30)3)16-19-21(23(31)35-7-2)22(27-25(33)28(19)4)18-10-8-9-11-20(18)34-5/h8-11,17,22H,6-7,12-16H2,1-5H3,(H,26,32)(H,27,33)/t17-,22+/m0/s1. The van der Waals surface area contributed by atoms with Crippen LogP contribution in [0.4, 0.5) is 9.59 Å². The molecule has 3 rings (SSSR count). The van der Waals surface area contributed by atoms with Gasteiger partial charge in [0.2, 0.25) is 0 Å². The first-order valence-electron chi connectivity index (χ1n) is 12.2. The Labute approximate surface area is 207 Å². The number of hydrogen-bond donors (Lipinski definition) is 2. The van der Waals surface area contributed by atoms with Gasteiger partial charge in [-0.15, -0.1) is 0 Å². The van der Waals surface area contributed by atoms with Gasteiger partial charge < -0.3 is 25.0 Å². The summed E-state index contributed by atoms with van der Waals surface area (Å²) in [4.78, 5) is 44.1. The molecule has 0 radical (unpaired) electrons. The van der Waals surface area contributed by atoms with Crippen molar-refractivity contribution in [1.29, 1.82) is 0 Å². The number of urea groups is 2. The Morgan fingerprint density at radius 1 is 1.20 bits per heavy atom. The number of piperazine rings is 1. The third kappa shape index (κ3) is 5.87. The highest BCUT2D eigenvalue weighted by Gasteiger charge is 2.39. The first-order chi connectivity index (χ1) is 16.8. The second-order valence-electron chi connectivity index (χ2n) is 8.77. The van der Waals surface area contributed by atoms with Crippen molar-refractivity contribution in [2.75, 3.05) is 53.5 Å². The predicted octanol–water partition coefficient (Wildman–Crippen LogP) is 2.33. The first-order valence-corrected chi connectivity index (χ1v) is 12.2. The molecule has 4 amide bonds. The van der Waals surface area contributed by atoms with E-state index in [2.05, 4.69) is 15.5 Å². The van der Waals surface area contributed by atoms with E-state index in [0.717, 1.165) is 6.42 Å². The lowest BCUT2D eigenvalue weighted by Crippen LogP contribution is -2.58. The lowest BCUT2D eigenvalue weighted by molar-refractivity contribution is -0.139. The highest BCUT2D eigenvalue weighted by Crippen LogP contribution is 2.36. The minimum atomic E-state index is -0.706. The molecule has 0 saturated carbocycles. The van der Waals surface area contributed by atoms with Gasteiger partial charge >= 0.3 is 18.0 Å². The Kier molecular flexibility index (Phi) is 8.97. The van der Waals surface area contributed by atoms with Crippen LogP contribution in [-0.2, 0) is 9.53 Å². The molecule has 1 fully saturated rings. The average Bonchev–Trinajstić information content (AvgIpc) is 2.85. The van der Waals surface area contributed by atoms with Crippen LogP contribution in [-0.4, -0.2) is 92.3 Å². The fourth-order valence-electron chi connectivity index (χ4n) is 4.56. The Balaban J connectivity index is 1.92. The van der Waals surface area contributed by atoms with Gasteiger partial charge in [0.05, 0.1) is 25.3 Å². The third-order valence-corrected chi connectivity index (χ3v) is 6.39. The fraction of sp³-hybridized carbons (Fsp3) is 0.560. The number of esters is 1. The SMILES string of the molecule is CCCNC(=O)N1CCN(CC2=C(C(=O)OCC)[C@@H](c3ccccc3OC)NC(=O)N2C)C[C@@H]1C. The third-order valence-electron chi connectivity index (χ3n) is 6.39. The highest BCUT2D eigenvalue weighted by molar-refractivity contribution is 5.95. The number of carbonyl (C=O) groups excluding carboxylic acids is 3. The van der Waals surface area contributed by atoms with Crippen molar-refractivity contribution in [3.8, 4) is 5.75 Å². The zero-order valence-electron chi connectivity index (χ0n) is 21.3. The number of rotatable bonds is 8.